The molecular weight excluding hydrogens is 300 g/mol. The van der Waals surface area contributed by atoms with Crippen LogP contribution in [0.3, 0.4) is 0 Å². The standard InChI is InChI=1S/C21H32O3/c1-19-6-3-4-15(19)14-12-18(22)17-13-21(23-10-11-24-21)9-8-20(17,2)16(14)5-7-19/h14-17H,3-13H2,1-2H3/t14-,15+,16+,17+,19+,20-/m0/s1. The smallest absolute Gasteiger partial charge is 0.169 e. The second-order valence-corrected chi connectivity index (χ2v) is 10.0. The van der Waals surface area contributed by atoms with E-state index in [0.717, 1.165) is 37.5 Å². The third-order valence-electron chi connectivity index (χ3n) is 9.06. The number of rotatable bonds is 0. The summed E-state index contributed by atoms with van der Waals surface area (Å²) < 4.78 is 11.9. The molecule has 134 valence electrons. The van der Waals surface area contributed by atoms with E-state index < -0.39 is 5.79 Å². The summed E-state index contributed by atoms with van der Waals surface area (Å²) in [6.45, 7) is 6.34. The lowest BCUT2D eigenvalue weighted by molar-refractivity contribution is -0.225. The maximum Gasteiger partial charge on any atom is 0.169 e. The quantitative estimate of drug-likeness (QED) is 0.662. The van der Waals surface area contributed by atoms with Crippen LogP contribution in [0.1, 0.15) is 71.6 Å². The maximum atomic E-state index is 13.2. The molecule has 0 amide bonds. The normalized spacial score (nSPS) is 52.8. The van der Waals surface area contributed by atoms with Gasteiger partial charge in [0.1, 0.15) is 5.78 Å². The van der Waals surface area contributed by atoms with E-state index >= 15 is 0 Å². The van der Waals surface area contributed by atoms with Crippen molar-refractivity contribution in [3.8, 4) is 0 Å². The SMILES string of the molecule is C[C@]12CCC[C@@H]1[C@@H]1CC(=O)[C@H]3CC4(CC[C@@]3(C)[C@@H]1CC2)OCCO4. The lowest BCUT2D eigenvalue weighted by Crippen LogP contribution is -2.58. The van der Waals surface area contributed by atoms with Gasteiger partial charge in [-0.25, -0.2) is 0 Å². The van der Waals surface area contributed by atoms with Gasteiger partial charge in [-0.3, -0.25) is 4.79 Å². The molecular formula is C21H32O3. The van der Waals surface area contributed by atoms with Gasteiger partial charge in [0.25, 0.3) is 0 Å². The van der Waals surface area contributed by atoms with Gasteiger partial charge in [0.05, 0.1) is 13.2 Å². The minimum atomic E-state index is -0.427. The lowest BCUT2D eigenvalue weighted by Gasteiger charge is -2.60. The summed E-state index contributed by atoms with van der Waals surface area (Å²) in [7, 11) is 0. The van der Waals surface area contributed by atoms with Crippen molar-refractivity contribution < 1.29 is 14.3 Å². The van der Waals surface area contributed by atoms with E-state index in [0.29, 0.717) is 30.3 Å². The molecule has 0 bridgehead atoms. The average molecular weight is 332 g/mol. The number of carbonyl (C=O) groups is 1. The monoisotopic (exact) mass is 332 g/mol. The highest BCUT2D eigenvalue weighted by molar-refractivity contribution is 5.83. The molecule has 5 aliphatic rings. The Labute approximate surface area is 145 Å². The summed E-state index contributed by atoms with van der Waals surface area (Å²) in [5.41, 5.74) is 0.711. The van der Waals surface area contributed by atoms with E-state index in [9.17, 15) is 4.79 Å². The van der Waals surface area contributed by atoms with Crippen LogP contribution in [0.2, 0.25) is 0 Å². The molecule has 1 saturated heterocycles. The average Bonchev–Trinajstić information content (AvgIpc) is 3.16. The van der Waals surface area contributed by atoms with Crippen LogP contribution in [0.4, 0.5) is 0 Å². The molecule has 24 heavy (non-hydrogen) atoms. The zero-order valence-corrected chi connectivity index (χ0v) is 15.3. The van der Waals surface area contributed by atoms with Gasteiger partial charge < -0.3 is 9.47 Å². The fourth-order valence-electron chi connectivity index (χ4n) is 7.72. The second-order valence-electron chi connectivity index (χ2n) is 10.0. The summed E-state index contributed by atoms with van der Waals surface area (Å²) in [5.74, 6) is 2.45. The summed E-state index contributed by atoms with van der Waals surface area (Å²) in [6.07, 6.45) is 10.6. The van der Waals surface area contributed by atoms with Crippen molar-refractivity contribution in [2.24, 2.45) is 34.5 Å². The van der Waals surface area contributed by atoms with Crippen LogP contribution in [0, 0.1) is 34.5 Å². The third kappa shape index (κ3) is 2.00. The van der Waals surface area contributed by atoms with Gasteiger partial charge in [0.2, 0.25) is 0 Å². The Morgan fingerprint density at radius 1 is 0.958 bits per heavy atom. The van der Waals surface area contributed by atoms with Crippen molar-refractivity contribution in [3.05, 3.63) is 0 Å². The zero-order chi connectivity index (χ0) is 16.6. The van der Waals surface area contributed by atoms with Crippen molar-refractivity contribution in [1.29, 1.82) is 0 Å². The molecule has 1 spiro atoms. The van der Waals surface area contributed by atoms with E-state index in [1.807, 2.05) is 0 Å². The molecule has 0 aromatic rings. The largest absolute Gasteiger partial charge is 0.348 e. The number of ether oxygens (including phenoxy) is 2. The molecule has 4 aliphatic carbocycles. The van der Waals surface area contributed by atoms with Gasteiger partial charge in [0, 0.05) is 25.2 Å². The van der Waals surface area contributed by atoms with Gasteiger partial charge in [-0.05, 0) is 60.7 Å². The van der Waals surface area contributed by atoms with Crippen molar-refractivity contribution in [2.45, 2.75) is 77.4 Å². The Morgan fingerprint density at radius 2 is 1.75 bits per heavy atom. The molecule has 0 radical (unpaired) electrons. The molecule has 3 heteroatoms. The maximum absolute atomic E-state index is 13.2. The molecule has 0 aromatic carbocycles. The topological polar surface area (TPSA) is 35.5 Å². The summed E-state index contributed by atoms with van der Waals surface area (Å²) in [5, 5.41) is 0. The van der Waals surface area contributed by atoms with Crippen LogP contribution < -0.4 is 0 Å². The Kier molecular flexibility index (Phi) is 3.34. The molecule has 0 unspecified atom stereocenters. The predicted octanol–water partition coefficient (Wildman–Crippen LogP) is 4.34. The minimum Gasteiger partial charge on any atom is -0.348 e. The van der Waals surface area contributed by atoms with Crippen LogP contribution in [0.15, 0.2) is 0 Å². The highest BCUT2D eigenvalue weighted by Crippen LogP contribution is 2.66. The van der Waals surface area contributed by atoms with Crippen LogP contribution in [0.25, 0.3) is 0 Å². The Hall–Kier alpha value is -0.410. The van der Waals surface area contributed by atoms with Crippen molar-refractivity contribution in [3.63, 3.8) is 0 Å². The number of ketones is 1. The van der Waals surface area contributed by atoms with E-state index in [1.54, 1.807) is 0 Å². The van der Waals surface area contributed by atoms with Crippen molar-refractivity contribution in [1.82, 2.24) is 0 Å². The number of hydrogen-bond acceptors (Lipinski definition) is 3. The second kappa shape index (κ2) is 5.07. The molecule has 0 aromatic heterocycles. The zero-order valence-electron chi connectivity index (χ0n) is 15.3. The van der Waals surface area contributed by atoms with Gasteiger partial charge in [-0.15, -0.1) is 0 Å². The molecule has 3 nitrogen and oxygen atoms in total. The first-order chi connectivity index (χ1) is 11.5. The molecule has 5 fully saturated rings. The van der Waals surface area contributed by atoms with E-state index in [-0.39, 0.29) is 11.3 Å². The highest BCUT2D eigenvalue weighted by Gasteiger charge is 2.62. The number of carbonyl (C=O) groups excluding carboxylic acids is 1. The summed E-state index contributed by atoms with van der Waals surface area (Å²) >= 11 is 0. The Bertz CT molecular complexity index is 551. The molecule has 1 heterocycles. The molecule has 0 N–H and O–H groups in total. The summed E-state index contributed by atoms with van der Waals surface area (Å²) in [4.78, 5) is 13.2. The predicted molar refractivity (Wildman–Crippen MR) is 91.4 cm³/mol. The van der Waals surface area contributed by atoms with Gasteiger partial charge in [0.15, 0.2) is 5.79 Å². The first-order valence-corrected chi connectivity index (χ1v) is 10.3. The first kappa shape index (κ1) is 15.8. The Balaban J connectivity index is 1.46. The Morgan fingerprint density at radius 3 is 2.54 bits per heavy atom. The number of Topliss-reactive ketones (excluding diaryl/α,β-unsaturated/α-hetero) is 1. The van der Waals surface area contributed by atoms with Crippen molar-refractivity contribution in [2.75, 3.05) is 13.2 Å². The molecule has 1 aliphatic heterocycles. The fourth-order valence-corrected chi connectivity index (χ4v) is 7.72. The van der Waals surface area contributed by atoms with Crippen molar-refractivity contribution >= 4 is 5.78 Å². The van der Waals surface area contributed by atoms with E-state index in [2.05, 4.69) is 13.8 Å². The van der Waals surface area contributed by atoms with Crippen LogP contribution >= 0.6 is 0 Å². The molecule has 4 saturated carbocycles. The molecule has 6 atom stereocenters. The lowest BCUT2D eigenvalue weighted by atomic mass is 9.44. The van der Waals surface area contributed by atoms with E-state index in [4.69, 9.17) is 9.47 Å². The summed E-state index contributed by atoms with van der Waals surface area (Å²) in [6, 6.07) is 0. The number of hydrogen-bond donors (Lipinski definition) is 0. The fraction of sp³-hybridized carbons (Fsp3) is 0.952. The first-order valence-electron chi connectivity index (χ1n) is 10.3. The third-order valence-corrected chi connectivity index (χ3v) is 9.06. The van der Waals surface area contributed by atoms with Gasteiger partial charge in [-0.1, -0.05) is 20.3 Å². The van der Waals surface area contributed by atoms with Gasteiger partial charge >= 0.3 is 0 Å². The minimum absolute atomic E-state index is 0.163. The van der Waals surface area contributed by atoms with Crippen LogP contribution in [0.5, 0.6) is 0 Å². The van der Waals surface area contributed by atoms with E-state index in [1.165, 1.54) is 32.1 Å². The number of fused-ring (bicyclic) bond motifs is 5. The molecule has 5 rings (SSSR count). The highest BCUT2D eigenvalue weighted by atomic mass is 16.7. The van der Waals surface area contributed by atoms with Crippen LogP contribution in [-0.2, 0) is 14.3 Å². The van der Waals surface area contributed by atoms with Gasteiger partial charge in [-0.2, -0.15) is 0 Å². The van der Waals surface area contributed by atoms with Crippen LogP contribution in [-0.4, -0.2) is 24.8 Å².